The summed E-state index contributed by atoms with van der Waals surface area (Å²) in [5, 5.41) is 8.87. The number of nitrogens with zero attached hydrogens (tertiary/aromatic N) is 2. The maximum Gasteiger partial charge on any atom is 0.101 e. The molecule has 96 valence electrons. The Hall–Kier alpha value is -1.69. The van der Waals surface area contributed by atoms with Crippen LogP contribution in [0.15, 0.2) is 18.2 Å². The number of hydrogen-bond acceptors (Lipinski definition) is 3. The number of nitriles is 1. The van der Waals surface area contributed by atoms with Crippen LogP contribution in [0.1, 0.15) is 38.2 Å². The van der Waals surface area contributed by atoms with E-state index in [1.54, 1.807) is 0 Å². The molecule has 1 saturated heterocycles. The van der Waals surface area contributed by atoms with Crippen LogP contribution in [0.25, 0.3) is 0 Å². The van der Waals surface area contributed by atoms with E-state index in [0.717, 1.165) is 24.7 Å². The molecule has 1 aliphatic rings. The van der Waals surface area contributed by atoms with Crippen molar-refractivity contribution in [2.75, 3.05) is 23.7 Å². The van der Waals surface area contributed by atoms with Gasteiger partial charge in [0.1, 0.15) is 6.07 Å². The van der Waals surface area contributed by atoms with Gasteiger partial charge in [-0.1, -0.05) is 19.8 Å². The summed E-state index contributed by atoms with van der Waals surface area (Å²) < 4.78 is 0. The van der Waals surface area contributed by atoms with E-state index in [2.05, 4.69) is 17.9 Å². The molecule has 0 bridgehead atoms. The molecule has 0 radical (unpaired) electrons. The van der Waals surface area contributed by atoms with Gasteiger partial charge in [-0.3, -0.25) is 0 Å². The smallest absolute Gasteiger partial charge is 0.101 e. The average molecular weight is 243 g/mol. The minimum atomic E-state index is 0.569. The van der Waals surface area contributed by atoms with Crippen LogP contribution in [-0.4, -0.2) is 13.1 Å². The molecule has 1 aromatic rings. The summed E-state index contributed by atoms with van der Waals surface area (Å²) in [6, 6.07) is 7.87. The first-order valence-electron chi connectivity index (χ1n) is 6.79. The third-order valence-electron chi connectivity index (χ3n) is 3.83. The number of anilines is 2. The molecule has 18 heavy (non-hydrogen) atoms. The molecule has 1 aliphatic heterocycles. The van der Waals surface area contributed by atoms with Gasteiger partial charge in [0.2, 0.25) is 0 Å². The third kappa shape index (κ3) is 2.76. The maximum absolute atomic E-state index is 8.87. The minimum Gasteiger partial charge on any atom is -0.398 e. The molecule has 0 aromatic heterocycles. The highest BCUT2D eigenvalue weighted by atomic mass is 15.1. The van der Waals surface area contributed by atoms with Gasteiger partial charge in [0.25, 0.3) is 0 Å². The second-order valence-electron chi connectivity index (χ2n) is 5.10. The Kier molecular flexibility index (Phi) is 4.09. The molecule has 0 saturated carbocycles. The van der Waals surface area contributed by atoms with Gasteiger partial charge in [-0.25, -0.2) is 0 Å². The predicted octanol–water partition coefficient (Wildman–Crippen LogP) is 3.16. The molecule has 0 unspecified atom stereocenters. The Morgan fingerprint density at radius 1 is 1.39 bits per heavy atom. The van der Waals surface area contributed by atoms with Gasteiger partial charge in [0, 0.05) is 18.8 Å². The predicted molar refractivity (Wildman–Crippen MR) is 75.4 cm³/mol. The van der Waals surface area contributed by atoms with Crippen molar-refractivity contribution >= 4 is 11.4 Å². The maximum atomic E-state index is 8.87. The first kappa shape index (κ1) is 12.8. The number of nitrogen functional groups attached to an aromatic ring is 1. The third-order valence-corrected chi connectivity index (χ3v) is 3.83. The first-order valence-corrected chi connectivity index (χ1v) is 6.79. The van der Waals surface area contributed by atoms with Crippen LogP contribution in [0.3, 0.4) is 0 Å². The van der Waals surface area contributed by atoms with Gasteiger partial charge in [-0.05, 0) is 37.0 Å². The van der Waals surface area contributed by atoms with E-state index >= 15 is 0 Å². The summed E-state index contributed by atoms with van der Waals surface area (Å²) in [7, 11) is 0. The number of hydrogen-bond donors (Lipinski definition) is 1. The zero-order valence-corrected chi connectivity index (χ0v) is 11.0. The molecule has 0 atom stereocenters. The number of benzene rings is 1. The van der Waals surface area contributed by atoms with E-state index in [1.165, 1.54) is 25.7 Å². The lowest BCUT2D eigenvalue weighted by Gasteiger charge is -2.33. The zero-order chi connectivity index (χ0) is 13.0. The van der Waals surface area contributed by atoms with Crippen LogP contribution in [0.5, 0.6) is 0 Å². The quantitative estimate of drug-likeness (QED) is 0.830. The van der Waals surface area contributed by atoms with E-state index in [9.17, 15) is 0 Å². The highest BCUT2D eigenvalue weighted by Gasteiger charge is 2.19. The van der Waals surface area contributed by atoms with Crippen LogP contribution >= 0.6 is 0 Å². The standard InChI is InChI=1S/C15H21N3/c1-2-3-12-6-8-18(9-7-12)14-5-4-13(11-16)15(17)10-14/h4-5,10,12H,2-3,6-9,17H2,1H3. The Balaban J connectivity index is 2.02. The van der Waals surface area contributed by atoms with E-state index in [1.807, 2.05) is 18.2 Å². The second-order valence-corrected chi connectivity index (χ2v) is 5.10. The molecule has 0 aliphatic carbocycles. The zero-order valence-electron chi connectivity index (χ0n) is 11.0. The summed E-state index contributed by atoms with van der Waals surface area (Å²) in [5.41, 5.74) is 8.18. The summed E-state index contributed by atoms with van der Waals surface area (Å²) in [6.45, 7) is 4.47. The van der Waals surface area contributed by atoms with Crippen molar-refractivity contribution in [3.8, 4) is 6.07 Å². The van der Waals surface area contributed by atoms with E-state index in [4.69, 9.17) is 11.0 Å². The molecule has 0 spiro atoms. The summed E-state index contributed by atoms with van der Waals surface area (Å²) >= 11 is 0. The Labute approximate surface area is 109 Å². The number of nitrogens with two attached hydrogens (primary N) is 1. The molecule has 3 nitrogen and oxygen atoms in total. The fourth-order valence-electron chi connectivity index (χ4n) is 2.74. The van der Waals surface area contributed by atoms with Crippen molar-refractivity contribution in [2.45, 2.75) is 32.6 Å². The number of piperidine rings is 1. The molecule has 1 aromatic carbocycles. The normalized spacial score (nSPS) is 16.6. The highest BCUT2D eigenvalue weighted by molar-refractivity contribution is 5.63. The van der Waals surface area contributed by atoms with Gasteiger partial charge < -0.3 is 10.6 Å². The van der Waals surface area contributed by atoms with Gasteiger partial charge in [-0.2, -0.15) is 5.26 Å². The van der Waals surface area contributed by atoms with Gasteiger partial charge >= 0.3 is 0 Å². The largest absolute Gasteiger partial charge is 0.398 e. The lowest BCUT2D eigenvalue weighted by molar-refractivity contribution is 0.378. The molecule has 1 fully saturated rings. The van der Waals surface area contributed by atoms with Crippen LogP contribution in [0.2, 0.25) is 0 Å². The monoisotopic (exact) mass is 243 g/mol. The van der Waals surface area contributed by atoms with Gasteiger partial charge in [0.05, 0.1) is 11.3 Å². The Morgan fingerprint density at radius 2 is 2.11 bits per heavy atom. The minimum absolute atomic E-state index is 0.569. The van der Waals surface area contributed by atoms with Crippen molar-refractivity contribution in [3.05, 3.63) is 23.8 Å². The average Bonchev–Trinajstić information content (AvgIpc) is 2.40. The van der Waals surface area contributed by atoms with Gasteiger partial charge in [-0.15, -0.1) is 0 Å². The second kappa shape index (κ2) is 5.77. The Morgan fingerprint density at radius 3 is 2.67 bits per heavy atom. The van der Waals surface area contributed by atoms with Crippen molar-refractivity contribution in [3.63, 3.8) is 0 Å². The summed E-state index contributed by atoms with van der Waals surface area (Å²) in [5.74, 6) is 0.891. The summed E-state index contributed by atoms with van der Waals surface area (Å²) in [6.07, 6.45) is 5.18. The molecule has 2 rings (SSSR count). The van der Waals surface area contributed by atoms with E-state index in [-0.39, 0.29) is 0 Å². The van der Waals surface area contributed by atoms with E-state index in [0.29, 0.717) is 11.3 Å². The van der Waals surface area contributed by atoms with Gasteiger partial charge in [0.15, 0.2) is 0 Å². The number of rotatable bonds is 3. The molecular formula is C15H21N3. The first-order chi connectivity index (χ1) is 8.74. The van der Waals surface area contributed by atoms with Crippen molar-refractivity contribution in [1.82, 2.24) is 0 Å². The van der Waals surface area contributed by atoms with Crippen molar-refractivity contribution in [2.24, 2.45) is 5.92 Å². The van der Waals surface area contributed by atoms with Crippen molar-refractivity contribution in [1.29, 1.82) is 5.26 Å². The summed E-state index contributed by atoms with van der Waals surface area (Å²) in [4.78, 5) is 2.38. The molecule has 2 N–H and O–H groups in total. The topological polar surface area (TPSA) is 53.0 Å². The highest BCUT2D eigenvalue weighted by Crippen LogP contribution is 2.27. The van der Waals surface area contributed by atoms with Crippen LogP contribution in [0, 0.1) is 17.2 Å². The van der Waals surface area contributed by atoms with Crippen LogP contribution in [0.4, 0.5) is 11.4 Å². The fourth-order valence-corrected chi connectivity index (χ4v) is 2.74. The SMILES string of the molecule is CCCC1CCN(c2ccc(C#N)c(N)c2)CC1. The molecule has 0 amide bonds. The molecular weight excluding hydrogens is 222 g/mol. The van der Waals surface area contributed by atoms with Crippen LogP contribution < -0.4 is 10.6 Å². The van der Waals surface area contributed by atoms with Crippen LogP contribution in [-0.2, 0) is 0 Å². The Bertz CT molecular complexity index is 440. The lowest BCUT2D eigenvalue weighted by atomic mass is 9.92. The van der Waals surface area contributed by atoms with E-state index < -0.39 is 0 Å². The molecule has 1 heterocycles. The van der Waals surface area contributed by atoms with Crippen molar-refractivity contribution < 1.29 is 0 Å². The fraction of sp³-hybridized carbons (Fsp3) is 0.533. The molecule has 3 heteroatoms. The lowest BCUT2D eigenvalue weighted by Crippen LogP contribution is -2.33.